The average Bonchev–Trinajstić information content (AvgIpc) is 3.25. The molecule has 188 valence electrons. The summed E-state index contributed by atoms with van der Waals surface area (Å²) in [6.45, 7) is 6.89. The summed E-state index contributed by atoms with van der Waals surface area (Å²) >= 11 is 0. The Morgan fingerprint density at radius 3 is 2.29 bits per heavy atom. The van der Waals surface area contributed by atoms with Crippen LogP contribution in [0.3, 0.4) is 0 Å². The molecule has 9 heteroatoms. The van der Waals surface area contributed by atoms with Crippen LogP contribution in [0, 0.1) is 11.3 Å². The van der Waals surface area contributed by atoms with E-state index in [0.717, 1.165) is 11.9 Å². The quantitative estimate of drug-likeness (QED) is 0.580. The summed E-state index contributed by atoms with van der Waals surface area (Å²) in [5.74, 6) is 1.52. The van der Waals surface area contributed by atoms with Crippen LogP contribution in [0.4, 0.5) is 0 Å². The molecule has 2 N–H and O–H groups in total. The predicted molar refractivity (Wildman–Crippen MR) is 132 cm³/mol. The Bertz CT molecular complexity index is 1020. The Kier molecular flexibility index (Phi) is 7.97. The number of fused-ring (bicyclic) bond motifs is 1. The molecule has 0 spiro atoms. The number of ether oxygens (including phenoxy) is 3. The van der Waals surface area contributed by atoms with Crippen molar-refractivity contribution in [3.8, 4) is 17.2 Å². The summed E-state index contributed by atoms with van der Waals surface area (Å²) in [5.41, 5.74) is 1.10. The molecule has 1 fully saturated rings. The van der Waals surface area contributed by atoms with Crippen molar-refractivity contribution in [3.05, 3.63) is 17.8 Å². The number of hydrogen-bond acceptors (Lipinski definition) is 6. The van der Waals surface area contributed by atoms with Gasteiger partial charge in [0.25, 0.3) is 5.91 Å². The Morgan fingerprint density at radius 1 is 1.09 bits per heavy atom. The standard InChI is InChI=1S/C25H38N4O5/c1-25(2,15-28(3)4)14-26-23(30)16-8-10-29(11-9-16)24(31)18-12-17-19(32-5)13-20(33-6)22(34-7)21(17)27-18/h12-13,16,27H,8-11,14-15H2,1-7H3,(H,26,30). The van der Waals surface area contributed by atoms with Crippen LogP contribution in [0.1, 0.15) is 37.2 Å². The summed E-state index contributed by atoms with van der Waals surface area (Å²) < 4.78 is 16.4. The number of rotatable bonds is 9. The number of benzene rings is 1. The zero-order valence-electron chi connectivity index (χ0n) is 21.4. The fourth-order valence-corrected chi connectivity index (χ4v) is 4.75. The zero-order valence-corrected chi connectivity index (χ0v) is 21.4. The van der Waals surface area contributed by atoms with Gasteiger partial charge >= 0.3 is 0 Å². The van der Waals surface area contributed by atoms with Crippen LogP contribution >= 0.6 is 0 Å². The third-order valence-corrected chi connectivity index (χ3v) is 6.31. The van der Waals surface area contributed by atoms with Gasteiger partial charge in [-0.1, -0.05) is 13.8 Å². The van der Waals surface area contributed by atoms with E-state index in [9.17, 15) is 9.59 Å². The van der Waals surface area contributed by atoms with Crippen LogP contribution in [-0.4, -0.2) is 88.2 Å². The second-order valence-electron chi connectivity index (χ2n) is 9.97. The van der Waals surface area contributed by atoms with Crippen LogP contribution in [0.25, 0.3) is 10.9 Å². The number of amides is 2. The second-order valence-corrected chi connectivity index (χ2v) is 9.97. The van der Waals surface area contributed by atoms with Gasteiger partial charge in [0.05, 0.1) is 26.8 Å². The van der Waals surface area contributed by atoms with Crippen molar-refractivity contribution < 1.29 is 23.8 Å². The van der Waals surface area contributed by atoms with Crippen LogP contribution in [0.2, 0.25) is 0 Å². The van der Waals surface area contributed by atoms with Crippen molar-refractivity contribution >= 4 is 22.7 Å². The lowest BCUT2D eigenvalue weighted by Gasteiger charge is -2.33. The van der Waals surface area contributed by atoms with E-state index < -0.39 is 0 Å². The van der Waals surface area contributed by atoms with Crippen molar-refractivity contribution in [1.29, 1.82) is 0 Å². The Labute approximate surface area is 201 Å². The molecule has 1 aliphatic rings. The predicted octanol–water partition coefficient (Wildman–Crippen LogP) is 2.75. The van der Waals surface area contributed by atoms with Gasteiger partial charge in [-0.25, -0.2) is 0 Å². The largest absolute Gasteiger partial charge is 0.496 e. The van der Waals surface area contributed by atoms with Crippen LogP contribution in [0.15, 0.2) is 12.1 Å². The van der Waals surface area contributed by atoms with E-state index in [0.29, 0.717) is 60.9 Å². The number of nitrogens with zero attached hydrogens (tertiary/aromatic N) is 2. The smallest absolute Gasteiger partial charge is 0.270 e. The molecule has 2 amide bonds. The zero-order chi connectivity index (χ0) is 25.0. The Morgan fingerprint density at radius 2 is 1.74 bits per heavy atom. The number of aromatic nitrogens is 1. The minimum Gasteiger partial charge on any atom is -0.496 e. The van der Waals surface area contributed by atoms with E-state index in [1.54, 1.807) is 38.4 Å². The average molecular weight is 475 g/mol. The highest BCUT2D eigenvalue weighted by molar-refractivity contribution is 6.02. The van der Waals surface area contributed by atoms with E-state index in [4.69, 9.17) is 14.2 Å². The first-order valence-corrected chi connectivity index (χ1v) is 11.6. The normalized spacial score (nSPS) is 15.0. The monoisotopic (exact) mass is 474 g/mol. The molecule has 3 rings (SSSR count). The number of nitrogens with one attached hydrogen (secondary N) is 2. The van der Waals surface area contributed by atoms with E-state index >= 15 is 0 Å². The molecular formula is C25H38N4O5. The number of aromatic amines is 1. The van der Waals surface area contributed by atoms with Gasteiger partial charge in [-0.15, -0.1) is 0 Å². The summed E-state index contributed by atoms with van der Waals surface area (Å²) in [6.07, 6.45) is 1.29. The van der Waals surface area contributed by atoms with Gasteiger partial charge in [-0.2, -0.15) is 0 Å². The first kappa shape index (κ1) is 25.7. The molecule has 0 unspecified atom stereocenters. The summed E-state index contributed by atoms with van der Waals surface area (Å²) in [5, 5.41) is 3.86. The molecule has 0 saturated carbocycles. The number of carbonyl (C=O) groups excluding carboxylic acids is 2. The maximum absolute atomic E-state index is 13.2. The molecule has 1 aromatic carbocycles. The molecule has 0 radical (unpaired) electrons. The molecule has 0 atom stereocenters. The number of hydrogen-bond donors (Lipinski definition) is 2. The second kappa shape index (κ2) is 10.5. The maximum Gasteiger partial charge on any atom is 0.270 e. The van der Waals surface area contributed by atoms with Crippen molar-refractivity contribution in [2.45, 2.75) is 26.7 Å². The SMILES string of the molecule is COc1cc(OC)c2cc(C(=O)N3CCC(C(=O)NCC(C)(C)CN(C)C)CC3)[nH]c2c1OC. The van der Waals surface area contributed by atoms with Crippen LogP contribution in [-0.2, 0) is 4.79 Å². The van der Waals surface area contributed by atoms with Gasteiger partial charge in [-0.05, 0) is 38.4 Å². The Hall–Kier alpha value is -2.94. The lowest BCUT2D eigenvalue weighted by molar-refractivity contribution is -0.126. The van der Waals surface area contributed by atoms with Gasteiger partial charge in [0.15, 0.2) is 11.5 Å². The molecule has 0 aliphatic carbocycles. The minimum absolute atomic E-state index is 0.00372. The fourth-order valence-electron chi connectivity index (χ4n) is 4.75. The number of methoxy groups -OCH3 is 3. The molecule has 1 aliphatic heterocycles. The lowest BCUT2D eigenvalue weighted by atomic mass is 9.91. The minimum atomic E-state index is -0.106. The molecule has 9 nitrogen and oxygen atoms in total. The molecule has 2 aromatic rings. The third-order valence-electron chi connectivity index (χ3n) is 6.31. The van der Waals surface area contributed by atoms with Crippen molar-refractivity contribution in [1.82, 2.24) is 20.1 Å². The van der Waals surface area contributed by atoms with E-state index in [1.165, 1.54) is 0 Å². The number of H-pyrrole nitrogens is 1. The van der Waals surface area contributed by atoms with E-state index in [-0.39, 0.29) is 23.1 Å². The van der Waals surface area contributed by atoms with Crippen molar-refractivity contribution in [2.24, 2.45) is 11.3 Å². The third kappa shape index (κ3) is 5.58. The van der Waals surface area contributed by atoms with Gasteiger partial charge in [0.2, 0.25) is 5.91 Å². The van der Waals surface area contributed by atoms with Crippen LogP contribution in [0.5, 0.6) is 17.2 Å². The Balaban J connectivity index is 1.66. The number of carbonyl (C=O) groups is 2. The first-order valence-electron chi connectivity index (χ1n) is 11.6. The first-order chi connectivity index (χ1) is 16.1. The van der Waals surface area contributed by atoms with Gasteiger partial charge in [0.1, 0.15) is 11.4 Å². The highest BCUT2D eigenvalue weighted by atomic mass is 16.5. The van der Waals surface area contributed by atoms with E-state index in [2.05, 4.69) is 29.0 Å². The van der Waals surface area contributed by atoms with Crippen molar-refractivity contribution in [3.63, 3.8) is 0 Å². The fraction of sp³-hybridized carbons (Fsp3) is 0.600. The lowest BCUT2D eigenvalue weighted by Crippen LogP contribution is -2.46. The highest BCUT2D eigenvalue weighted by Gasteiger charge is 2.30. The number of likely N-dealkylation sites (tertiary alicyclic amines) is 1. The topological polar surface area (TPSA) is 96.1 Å². The van der Waals surface area contributed by atoms with Gasteiger partial charge in [-0.3, -0.25) is 9.59 Å². The molecule has 1 aromatic heterocycles. The van der Waals surface area contributed by atoms with Gasteiger partial charge in [0, 0.05) is 43.5 Å². The summed E-state index contributed by atoms with van der Waals surface area (Å²) in [4.78, 5) is 33.1. The maximum atomic E-state index is 13.2. The summed E-state index contributed by atoms with van der Waals surface area (Å²) in [7, 11) is 8.76. The highest BCUT2D eigenvalue weighted by Crippen LogP contribution is 2.41. The molecule has 2 heterocycles. The molecular weight excluding hydrogens is 436 g/mol. The molecule has 0 bridgehead atoms. The molecule has 1 saturated heterocycles. The van der Waals surface area contributed by atoms with Crippen LogP contribution < -0.4 is 19.5 Å². The van der Waals surface area contributed by atoms with Crippen molar-refractivity contribution in [2.75, 3.05) is 61.6 Å². The molecule has 34 heavy (non-hydrogen) atoms. The van der Waals surface area contributed by atoms with Gasteiger partial charge < -0.3 is 34.3 Å². The van der Waals surface area contributed by atoms with E-state index in [1.807, 2.05) is 14.1 Å². The summed E-state index contributed by atoms with van der Waals surface area (Å²) in [6, 6.07) is 3.53. The number of piperidine rings is 1.